The highest BCUT2D eigenvalue weighted by Crippen LogP contribution is 2.35. The number of likely N-dealkylation sites (N-methyl/N-ethyl adjacent to an activating group) is 1. The number of imide groups is 1. The molecule has 3 N–H and O–H groups in total. The molecule has 1 unspecified atom stereocenters. The number of aryl methyl sites for hydroxylation is 2. The first kappa shape index (κ1) is 44.7. The number of carbonyl (C=O) groups is 3. The Balaban J connectivity index is 0.721. The number of nitrogens with zero attached hydrogens (tertiary/aromatic N) is 7. The largest absolute Gasteiger partial charge is 0.444 e. The summed E-state index contributed by atoms with van der Waals surface area (Å²) in [5, 5.41) is 13.6. The van der Waals surface area contributed by atoms with Gasteiger partial charge in [0, 0.05) is 57.7 Å². The van der Waals surface area contributed by atoms with Gasteiger partial charge in [-0.25, -0.2) is 14.8 Å². The molecule has 5 heterocycles. The van der Waals surface area contributed by atoms with Gasteiger partial charge in [0.2, 0.25) is 17.7 Å². The third-order valence-electron chi connectivity index (χ3n) is 12.6. The molecule has 17 nitrogen and oxygen atoms in total. The van der Waals surface area contributed by atoms with Crippen LogP contribution in [0, 0.1) is 11.8 Å². The first-order valence-electron chi connectivity index (χ1n) is 22.6. The maximum Gasteiger partial charge on any atom is 0.329 e. The van der Waals surface area contributed by atoms with Gasteiger partial charge >= 0.3 is 5.69 Å². The van der Waals surface area contributed by atoms with Crippen molar-refractivity contribution < 1.29 is 28.3 Å². The number of benzene rings is 1. The van der Waals surface area contributed by atoms with Crippen LogP contribution in [0.15, 0.2) is 64.8 Å². The monoisotopic (exact) mass is 876 g/mol. The summed E-state index contributed by atoms with van der Waals surface area (Å²) in [6.07, 6.45) is 13.7. The van der Waals surface area contributed by atoms with Crippen LogP contribution in [-0.4, -0.2) is 105 Å². The van der Waals surface area contributed by atoms with Gasteiger partial charge < -0.3 is 29.4 Å². The smallest absolute Gasteiger partial charge is 0.329 e. The molecule has 0 bridgehead atoms. The number of allylic oxidation sites excluding steroid dienone is 1. The fourth-order valence-corrected chi connectivity index (χ4v) is 8.90. The molecule has 0 spiro atoms. The molecular weight excluding hydrogens is 817 g/mol. The third-order valence-corrected chi connectivity index (χ3v) is 12.6. The lowest BCUT2D eigenvalue weighted by molar-refractivity contribution is -0.135. The van der Waals surface area contributed by atoms with Crippen LogP contribution < -0.4 is 21.6 Å². The van der Waals surface area contributed by atoms with Crippen molar-refractivity contribution in [2.45, 2.75) is 83.2 Å². The van der Waals surface area contributed by atoms with Gasteiger partial charge in [-0.3, -0.25) is 33.5 Å². The van der Waals surface area contributed by atoms with E-state index in [1.165, 1.54) is 23.7 Å². The average molecular weight is 877 g/mol. The highest BCUT2D eigenvalue weighted by atomic mass is 16.5. The predicted octanol–water partition coefficient (Wildman–Crippen LogP) is 6.00. The van der Waals surface area contributed by atoms with Gasteiger partial charge in [-0.1, -0.05) is 18.7 Å². The Bertz CT molecular complexity index is 2520. The number of ether oxygens (including phenoxy) is 2. The van der Waals surface area contributed by atoms with E-state index in [4.69, 9.17) is 19.0 Å². The van der Waals surface area contributed by atoms with Crippen LogP contribution in [0.1, 0.15) is 98.5 Å². The second-order valence-corrected chi connectivity index (χ2v) is 17.6. The van der Waals surface area contributed by atoms with E-state index in [9.17, 15) is 19.2 Å². The van der Waals surface area contributed by atoms with Crippen LogP contribution in [0.4, 0.5) is 11.5 Å². The average Bonchev–Trinajstić information content (AvgIpc) is 3.69. The molecule has 340 valence electrons. The summed E-state index contributed by atoms with van der Waals surface area (Å²) >= 11 is 0. The summed E-state index contributed by atoms with van der Waals surface area (Å²) < 4.78 is 22.6. The van der Waals surface area contributed by atoms with Crippen LogP contribution in [0.25, 0.3) is 28.1 Å². The number of imidazole rings is 1. The van der Waals surface area contributed by atoms with Crippen molar-refractivity contribution in [1.82, 2.24) is 39.1 Å². The number of pyridine rings is 1. The number of para-hydroxylation sites is 1. The number of hydrogen-bond donors (Lipinski definition) is 3. The SMILES string of the molecule is C=C(C)c1nn(C2CCC(CN(C)CCOCCOCCCc3cccc4c3n(C)c(=O)n4C3CCC(=O)NC3=O)CC2)cc1NC(=O)c1coc(-c2ccnc(NCC3CC3)c2)n1. The van der Waals surface area contributed by atoms with E-state index in [1.54, 1.807) is 17.8 Å². The Morgan fingerprint density at radius 2 is 1.80 bits per heavy atom. The number of hydrogen-bond acceptors (Lipinski definition) is 12. The molecule has 2 aliphatic carbocycles. The minimum Gasteiger partial charge on any atom is -0.444 e. The van der Waals surface area contributed by atoms with E-state index in [0.717, 1.165) is 79.8 Å². The minimum absolute atomic E-state index is 0.180. The summed E-state index contributed by atoms with van der Waals surface area (Å²) in [6.45, 7) is 10.9. The van der Waals surface area contributed by atoms with E-state index in [2.05, 4.69) is 44.4 Å². The number of piperidine rings is 1. The summed E-state index contributed by atoms with van der Waals surface area (Å²) in [7, 11) is 3.86. The van der Waals surface area contributed by atoms with Crippen LogP contribution >= 0.6 is 0 Å². The molecule has 5 aromatic rings. The molecule has 8 rings (SSSR count). The maximum absolute atomic E-state index is 13.4. The zero-order chi connectivity index (χ0) is 44.7. The number of carbonyl (C=O) groups excluding carboxylic acids is 3. The maximum atomic E-state index is 13.4. The van der Waals surface area contributed by atoms with E-state index >= 15 is 0 Å². The summed E-state index contributed by atoms with van der Waals surface area (Å²) in [5.74, 6) is 1.29. The molecule has 3 fully saturated rings. The van der Waals surface area contributed by atoms with E-state index in [0.29, 0.717) is 73.9 Å². The lowest BCUT2D eigenvalue weighted by Crippen LogP contribution is -2.44. The normalized spacial score (nSPS) is 19.0. The topological polar surface area (TPSA) is 193 Å². The van der Waals surface area contributed by atoms with E-state index in [1.807, 2.05) is 48.1 Å². The molecule has 1 atom stereocenters. The van der Waals surface area contributed by atoms with Gasteiger partial charge in [0.1, 0.15) is 23.8 Å². The molecular formula is C47H60N10O7. The van der Waals surface area contributed by atoms with Gasteiger partial charge in [-0.05, 0) is 113 Å². The Morgan fingerprint density at radius 3 is 2.56 bits per heavy atom. The lowest BCUT2D eigenvalue weighted by Gasteiger charge is -2.31. The Labute approximate surface area is 372 Å². The molecule has 0 radical (unpaired) electrons. The minimum atomic E-state index is -0.703. The Hall–Kier alpha value is -5.91. The fourth-order valence-electron chi connectivity index (χ4n) is 8.90. The zero-order valence-corrected chi connectivity index (χ0v) is 37.1. The van der Waals surface area contributed by atoms with Crippen LogP contribution in [0.2, 0.25) is 0 Å². The molecule has 1 saturated heterocycles. The van der Waals surface area contributed by atoms with Crippen LogP contribution in [-0.2, 0) is 32.5 Å². The van der Waals surface area contributed by atoms with Gasteiger partial charge in [-0.15, -0.1) is 0 Å². The Morgan fingerprint density at radius 1 is 1.02 bits per heavy atom. The number of oxazole rings is 1. The number of amides is 3. The highest BCUT2D eigenvalue weighted by Gasteiger charge is 2.32. The first-order chi connectivity index (χ1) is 31.0. The van der Waals surface area contributed by atoms with Crippen molar-refractivity contribution in [2.75, 3.05) is 63.7 Å². The van der Waals surface area contributed by atoms with Crippen molar-refractivity contribution in [3.63, 3.8) is 0 Å². The fraction of sp³-hybridized carbons (Fsp3) is 0.511. The second kappa shape index (κ2) is 20.3. The van der Waals surface area contributed by atoms with Crippen molar-refractivity contribution in [3.8, 4) is 11.5 Å². The van der Waals surface area contributed by atoms with Gasteiger partial charge in [-0.2, -0.15) is 5.10 Å². The van der Waals surface area contributed by atoms with Crippen LogP contribution in [0.5, 0.6) is 0 Å². The predicted molar refractivity (Wildman–Crippen MR) is 243 cm³/mol. The standard InChI is InChI=1S/C47H60N10O7/c1-30(2)42-36(50-44(59)37-29-64-46(51-37)34-18-19-48-40(25-34)49-26-31-10-11-31)28-56(53-42)35-14-12-32(13-15-35)27-54(3)20-22-63-24-23-62-21-6-8-33-7-5-9-38-43(33)55(4)47(61)57(38)39-16-17-41(58)52-45(39)60/h5,7,9,18-19,25,28-29,31-32,35,39H,1,6,8,10-17,20-24,26-27H2,2-4H3,(H,48,49)(H,50,59)(H,52,58,60). The lowest BCUT2D eigenvalue weighted by atomic mass is 9.86. The summed E-state index contributed by atoms with van der Waals surface area (Å²) in [4.78, 5) is 62.0. The highest BCUT2D eigenvalue weighted by molar-refractivity contribution is 6.04. The summed E-state index contributed by atoms with van der Waals surface area (Å²) in [5.41, 5.74) is 5.21. The van der Waals surface area contributed by atoms with Crippen molar-refractivity contribution >= 4 is 45.8 Å². The van der Waals surface area contributed by atoms with Crippen LogP contribution in [0.3, 0.4) is 0 Å². The number of fused-ring (bicyclic) bond motifs is 1. The van der Waals surface area contributed by atoms with E-state index < -0.39 is 11.9 Å². The second-order valence-electron chi connectivity index (χ2n) is 17.6. The number of rotatable bonds is 21. The molecule has 17 heteroatoms. The molecule has 1 aromatic carbocycles. The Kier molecular flexibility index (Phi) is 14.2. The number of anilines is 2. The third kappa shape index (κ3) is 10.7. The molecule has 64 heavy (non-hydrogen) atoms. The molecule has 4 aromatic heterocycles. The first-order valence-corrected chi connectivity index (χ1v) is 22.6. The number of aromatic nitrogens is 6. The molecule has 3 amide bonds. The van der Waals surface area contributed by atoms with Gasteiger partial charge in [0.25, 0.3) is 5.91 Å². The van der Waals surface area contributed by atoms with Crippen molar-refractivity contribution in [1.29, 1.82) is 0 Å². The van der Waals surface area contributed by atoms with Gasteiger partial charge in [0.15, 0.2) is 5.69 Å². The van der Waals surface area contributed by atoms with Crippen molar-refractivity contribution in [3.05, 3.63) is 83.0 Å². The van der Waals surface area contributed by atoms with Crippen molar-refractivity contribution in [2.24, 2.45) is 18.9 Å². The number of nitrogens with one attached hydrogen (secondary N) is 3. The quantitative estimate of drug-likeness (QED) is 0.0576. The zero-order valence-electron chi connectivity index (χ0n) is 37.1. The molecule has 1 aliphatic heterocycles. The van der Waals surface area contributed by atoms with Gasteiger partial charge in [0.05, 0.1) is 42.6 Å². The van der Waals surface area contributed by atoms with E-state index in [-0.39, 0.29) is 35.7 Å². The molecule has 2 saturated carbocycles. The summed E-state index contributed by atoms with van der Waals surface area (Å²) in [6, 6.07) is 8.99. The molecule has 3 aliphatic rings.